The summed E-state index contributed by atoms with van der Waals surface area (Å²) >= 11 is 0. The average molecular weight is 389 g/mol. The molecule has 0 unspecified atom stereocenters. The number of aryl methyl sites for hydroxylation is 1. The Kier molecular flexibility index (Phi) is 5.99. The maximum Gasteiger partial charge on any atom is 0.343 e. The molecule has 29 heavy (non-hydrogen) atoms. The number of methoxy groups -OCH3 is 1. The molecular weight excluding hydrogens is 362 g/mol. The van der Waals surface area contributed by atoms with E-state index in [9.17, 15) is 4.79 Å². The smallest absolute Gasteiger partial charge is 0.343 e. The normalized spacial score (nSPS) is 12.6. The topological polar surface area (TPSA) is 47.6 Å². The van der Waals surface area contributed by atoms with Crippen LogP contribution in [-0.2, 0) is 28.8 Å². The van der Waals surface area contributed by atoms with Crippen molar-refractivity contribution in [3.05, 3.63) is 71.3 Å². The van der Waals surface area contributed by atoms with Gasteiger partial charge < -0.3 is 14.8 Å². The number of ether oxygens (including phenoxy) is 2. The van der Waals surface area contributed by atoms with Crippen molar-refractivity contribution in [2.45, 2.75) is 32.1 Å². The standard InChI is InChI=1S/C25H27NO3/c1-28-25(27)17-29-24-14-13-23(21-9-4-10-22(21)24)26-15-5-6-18-11-12-19-7-2-3-8-20(19)16-18/h2-3,7-8,11-14,16,26H,4-6,9-10,15,17H2,1H3. The number of fused-ring (bicyclic) bond motifs is 2. The maximum atomic E-state index is 11.4. The Morgan fingerprint density at radius 2 is 1.83 bits per heavy atom. The van der Waals surface area contributed by atoms with Gasteiger partial charge in [0.1, 0.15) is 5.75 Å². The van der Waals surface area contributed by atoms with Crippen LogP contribution in [0.5, 0.6) is 5.75 Å². The lowest BCUT2D eigenvalue weighted by Gasteiger charge is -2.15. The fraction of sp³-hybridized carbons (Fsp3) is 0.320. The van der Waals surface area contributed by atoms with Gasteiger partial charge in [-0.15, -0.1) is 0 Å². The Morgan fingerprint density at radius 1 is 1.00 bits per heavy atom. The van der Waals surface area contributed by atoms with E-state index in [0.29, 0.717) is 0 Å². The monoisotopic (exact) mass is 389 g/mol. The molecule has 3 aromatic carbocycles. The number of esters is 1. The molecule has 0 spiro atoms. The predicted octanol–water partition coefficient (Wildman–Crippen LogP) is 4.93. The number of anilines is 1. The van der Waals surface area contributed by atoms with Crippen molar-refractivity contribution in [3.8, 4) is 5.75 Å². The van der Waals surface area contributed by atoms with Crippen molar-refractivity contribution in [2.75, 3.05) is 25.6 Å². The minimum atomic E-state index is -0.354. The highest BCUT2D eigenvalue weighted by Gasteiger charge is 2.20. The minimum absolute atomic E-state index is 0.0402. The first-order valence-corrected chi connectivity index (χ1v) is 10.3. The first-order chi connectivity index (χ1) is 14.2. The fourth-order valence-corrected chi connectivity index (χ4v) is 4.08. The van der Waals surface area contributed by atoms with Crippen LogP contribution < -0.4 is 10.1 Å². The number of nitrogens with one attached hydrogen (secondary N) is 1. The lowest BCUT2D eigenvalue weighted by Crippen LogP contribution is -2.13. The summed E-state index contributed by atoms with van der Waals surface area (Å²) in [5.74, 6) is 0.456. The number of hydrogen-bond acceptors (Lipinski definition) is 4. The van der Waals surface area contributed by atoms with E-state index in [-0.39, 0.29) is 12.6 Å². The van der Waals surface area contributed by atoms with Crippen molar-refractivity contribution >= 4 is 22.4 Å². The predicted molar refractivity (Wildman–Crippen MR) is 117 cm³/mol. The third-order valence-electron chi connectivity index (χ3n) is 5.59. The van der Waals surface area contributed by atoms with Gasteiger partial charge in [-0.2, -0.15) is 0 Å². The summed E-state index contributed by atoms with van der Waals surface area (Å²) in [5.41, 5.74) is 5.13. The lowest BCUT2D eigenvalue weighted by molar-refractivity contribution is -0.142. The lowest BCUT2D eigenvalue weighted by atomic mass is 10.0. The molecular formula is C25H27NO3. The largest absolute Gasteiger partial charge is 0.482 e. The van der Waals surface area contributed by atoms with Crippen LogP contribution >= 0.6 is 0 Å². The van der Waals surface area contributed by atoms with Crippen LogP contribution in [0.25, 0.3) is 10.8 Å². The quantitative estimate of drug-likeness (QED) is 0.439. The summed E-state index contributed by atoms with van der Waals surface area (Å²) < 4.78 is 10.3. The average Bonchev–Trinajstić information content (AvgIpc) is 3.26. The maximum absolute atomic E-state index is 11.4. The van der Waals surface area contributed by atoms with Gasteiger partial charge in [0.2, 0.25) is 0 Å². The molecule has 3 aromatic rings. The summed E-state index contributed by atoms with van der Waals surface area (Å²) in [6, 6.07) is 19.3. The van der Waals surface area contributed by atoms with E-state index in [4.69, 9.17) is 4.74 Å². The van der Waals surface area contributed by atoms with Gasteiger partial charge in [-0.1, -0.05) is 42.5 Å². The minimum Gasteiger partial charge on any atom is -0.482 e. The molecule has 0 bridgehead atoms. The number of rotatable bonds is 8. The Bertz CT molecular complexity index is 1010. The number of benzene rings is 3. The molecule has 0 heterocycles. The molecule has 0 radical (unpaired) electrons. The number of carbonyl (C=O) groups excluding carboxylic acids is 1. The molecule has 4 rings (SSSR count). The Balaban J connectivity index is 1.34. The van der Waals surface area contributed by atoms with Gasteiger partial charge in [0.15, 0.2) is 6.61 Å². The van der Waals surface area contributed by atoms with Crippen LogP contribution in [0.2, 0.25) is 0 Å². The Morgan fingerprint density at radius 3 is 2.69 bits per heavy atom. The molecule has 1 aliphatic rings. The van der Waals surface area contributed by atoms with E-state index in [1.54, 1.807) is 0 Å². The molecule has 0 aromatic heterocycles. The highest BCUT2D eigenvalue weighted by Crippen LogP contribution is 2.36. The van der Waals surface area contributed by atoms with Crippen LogP contribution in [0.4, 0.5) is 5.69 Å². The molecule has 0 aliphatic heterocycles. The molecule has 1 N–H and O–H groups in total. The number of carbonyl (C=O) groups is 1. The SMILES string of the molecule is COC(=O)COc1ccc(NCCCc2ccc3ccccc3c2)c2c1CCC2. The molecule has 4 heteroatoms. The summed E-state index contributed by atoms with van der Waals surface area (Å²) in [4.78, 5) is 11.4. The summed E-state index contributed by atoms with van der Waals surface area (Å²) in [6.07, 6.45) is 5.31. The second kappa shape index (κ2) is 8.99. The van der Waals surface area contributed by atoms with Gasteiger partial charge in [-0.3, -0.25) is 0 Å². The van der Waals surface area contributed by atoms with Crippen molar-refractivity contribution in [2.24, 2.45) is 0 Å². The fourth-order valence-electron chi connectivity index (χ4n) is 4.08. The molecule has 0 atom stereocenters. The summed E-state index contributed by atoms with van der Waals surface area (Å²) in [6.45, 7) is 0.892. The van der Waals surface area contributed by atoms with E-state index in [1.165, 1.54) is 40.3 Å². The molecule has 0 fully saturated rings. The van der Waals surface area contributed by atoms with Crippen molar-refractivity contribution in [3.63, 3.8) is 0 Å². The van der Waals surface area contributed by atoms with E-state index in [2.05, 4.69) is 58.6 Å². The van der Waals surface area contributed by atoms with Crippen LogP contribution in [0.15, 0.2) is 54.6 Å². The summed E-state index contributed by atoms with van der Waals surface area (Å²) in [7, 11) is 1.38. The van der Waals surface area contributed by atoms with Gasteiger partial charge in [0.25, 0.3) is 0 Å². The molecule has 1 aliphatic carbocycles. The van der Waals surface area contributed by atoms with E-state index < -0.39 is 0 Å². The zero-order valence-electron chi connectivity index (χ0n) is 16.9. The van der Waals surface area contributed by atoms with Crippen LogP contribution in [-0.4, -0.2) is 26.2 Å². The van der Waals surface area contributed by atoms with Crippen LogP contribution in [0.1, 0.15) is 29.5 Å². The summed E-state index contributed by atoms with van der Waals surface area (Å²) in [5, 5.41) is 6.20. The van der Waals surface area contributed by atoms with E-state index in [1.807, 2.05) is 6.07 Å². The third-order valence-corrected chi connectivity index (χ3v) is 5.59. The van der Waals surface area contributed by atoms with Gasteiger partial charge in [0.05, 0.1) is 7.11 Å². The van der Waals surface area contributed by atoms with Crippen molar-refractivity contribution in [1.29, 1.82) is 0 Å². The van der Waals surface area contributed by atoms with Gasteiger partial charge in [-0.05, 0) is 71.7 Å². The van der Waals surface area contributed by atoms with Crippen molar-refractivity contribution in [1.82, 2.24) is 0 Å². The van der Waals surface area contributed by atoms with Crippen LogP contribution in [0.3, 0.4) is 0 Å². The van der Waals surface area contributed by atoms with Crippen molar-refractivity contribution < 1.29 is 14.3 Å². The molecule has 4 nitrogen and oxygen atoms in total. The van der Waals surface area contributed by atoms with E-state index in [0.717, 1.165) is 44.4 Å². The molecule has 150 valence electrons. The van der Waals surface area contributed by atoms with Crippen LogP contribution in [0, 0.1) is 0 Å². The van der Waals surface area contributed by atoms with Gasteiger partial charge >= 0.3 is 5.97 Å². The zero-order chi connectivity index (χ0) is 20.1. The Labute approximate surface area is 171 Å². The second-order valence-electron chi connectivity index (χ2n) is 7.50. The molecule has 0 amide bonds. The van der Waals surface area contributed by atoms with E-state index >= 15 is 0 Å². The first kappa shape index (κ1) is 19.3. The van der Waals surface area contributed by atoms with Gasteiger partial charge in [0, 0.05) is 12.2 Å². The third kappa shape index (κ3) is 4.53. The molecule has 0 saturated heterocycles. The number of hydrogen-bond donors (Lipinski definition) is 1. The second-order valence-corrected chi connectivity index (χ2v) is 7.50. The zero-order valence-corrected chi connectivity index (χ0v) is 16.9. The molecule has 0 saturated carbocycles. The highest BCUT2D eigenvalue weighted by molar-refractivity contribution is 5.83. The highest BCUT2D eigenvalue weighted by atomic mass is 16.6. The van der Waals surface area contributed by atoms with Gasteiger partial charge in [-0.25, -0.2) is 4.79 Å². The first-order valence-electron chi connectivity index (χ1n) is 10.3. The Hall–Kier alpha value is -3.01.